The van der Waals surface area contributed by atoms with Gasteiger partial charge in [-0.2, -0.15) is 0 Å². The van der Waals surface area contributed by atoms with E-state index in [-0.39, 0.29) is 30.7 Å². The third-order valence-electron chi connectivity index (χ3n) is 7.06. The number of thiazole rings is 1. The Hall–Kier alpha value is -2.30. The van der Waals surface area contributed by atoms with Crippen molar-refractivity contribution >= 4 is 45.0 Å². The van der Waals surface area contributed by atoms with Gasteiger partial charge in [-0.1, -0.05) is 67.9 Å². The average molecular weight is 624 g/mol. The van der Waals surface area contributed by atoms with Crippen molar-refractivity contribution < 1.29 is 19.5 Å². The van der Waals surface area contributed by atoms with Crippen LogP contribution < -0.4 is 16.0 Å². The summed E-state index contributed by atoms with van der Waals surface area (Å²) in [6.45, 7) is 9.98. The molecule has 0 fully saturated rings. The summed E-state index contributed by atoms with van der Waals surface area (Å²) in [5.74, 6) is -1.09. The SMILES string of the molecule is CCC(C)(C)C(NC(=O)CCCCBr)C(=O)NC[C@H](O)C[C@H](C)C(=O)NCc1ccc(-c2scnc2C)cc1. The Balaban J connectivity index is 1.81. The van der Waals surface area contributed by atoms with E-state index in [0.29, 0.717) is 19.4 Å². The maximum atomic E-state index is 13.0. The van der Waals surface area contributed by atoms with Gasteiger partial charge in [0.05, 0.1) is 22.2 Å². The second kappa shape index (κ2) is 16.1. The molecule has 1 aromatic heterocycles. The van der Waals surface area contributed by atoms with Crippen LogP contribution in [0.4, 0.5) is 0 Å². The van der Waals surface area contributed by atoms with Crippen molar-refractivity contribution in [3.8, 4) is 10.4 Å². The van der Waals surface area contributed by atoms with Gasteiger partial charge < -0.3 is 21.1 Å². The van der Waals surface area contributed by atoms with E-state index in [1.165, 1.54) is 0 Å². The van der Waals surface area contributed by atoms with E-state index in [4.69, 9.17) is 0 Å². The smallest absolute Gasteiger partial charge is 0.243 e. The van der Waals surface area contributed by atoms with Crippen LogP contribution >= 0.6 is 27.3 Å². The highest BCUT2D eigenvalue weighted by Crippen LogP contribution is 2.27. The summed E-state index contributed by atoms with van der Waals surface area (Å²) in [4.78, 5) is 43.4. The van der Waals surface area contributed by atoms with Crippen LogP contribution in [0.15, 0.2) is 29.8 Å². The number of aryl methyl sites for hydroxylation is 1. The number of carbonyl (C=O) groups excluding carboxylic acids is 3. The summed E-state index contributed by atoms with van der Waals surface area (Å²) in [5, 5.41) is 19.9. The molecular formula is C29H43BrN4O4S. The number of nitrogens with zero attached hydrogens (tertiary/aromatic N) is 1. The van der Waals surface area contributed by atoms with E-state index in [1.54, 1.807) is 18.3 Å². The number of aliphatic hydroxyl groups excluding tert-OH is 1. The van der Waals surface area contributed by atoms with Gasteiger partial charge >= 0.3 is 0 Å². The summed E-state index contributed by atoms with van der Waals surface area (Å²) < 4.78 is 0. The number of amides is 3. The Kier molecular flexibility index (Phi) is 13.6. The zero-order valence-corrected chi connectivity index (χ0v) is 26.1. The standard InChI is InChI=1S/C29H43BrN4O4S/c1-6-29(4,5)26(34-24(36)9-7-8-14-30)28(38)32-17-23(35)15-19(2)27(37)31-16-21-10-12-22(13-11-21)25-20(3)33-18-39-25/h10-13,18-19,23,26,35H,6-9,14-17H2,1-5H3,(H,31,37)(H,32,38)(H,34,36)/t19-,23+,26?/m0/s1. The minimum absolute atomic E-state index is 0.00462. The van der Waals surface area contributed by atoms with Crippen LogP contribution in [0.1, 0.15) is 71.1 Å². The van der Waals surface area contributed by atoms with Gasteiger partial charge in [-0.3, -0.25) is 14.4 Å². The van der Waals surface area contributed by atoms with Crippen molar-refractivity contribution in [3.05, 3.63) is 41.0 Å². The number of nitrogens with one attached hydrogen (secondary N) is 3. The Morgan fingerprint density at radius 1 is 1.10 bits per heavy atom. The molecule has 10 heteroatoms. The van der Waals surface area contributed by atoms with Crippen molar-refractivity contribution in [3.63, 3.8) is 0 Å². The quantitative estimate of drug-likeness (QED) is 0.159. The van der Waals surface area contributed by atoms with Crippen molar-refractivity contribution in [2.45, 2.75) is 85.4 Å². The van der Waals surface area contributed by atoms with Crippen LogP contribution in [0.3, 0.4) is 0 Å². The number of alkyl halides is 1. The van der Waals surface area contributed by atoms with Crippen LogP contribution in [0, 0.1) is 18.3 Å². The molecule has 39 heavy (non-hydrogen) atoms. The lowest BCUT2D eigenvalue weighted by atomic mass is 9.81. The summed E-state index contributed by atoms with van der Waals surface area (Å²) >= 11 is 4.96. The normalized spacial score (nSPS) is 13.8. The number of unbranched alkanes of at least 4 members (excludes halogenated alkanes) is 1. The van der Waals surface area contributed by atoms with Gasteiger partial charge in [0.1, 0.15) is 6.04 Å². The zero-order chi connectivity index (χ0) is 29.0. The third kappa shape index (κ3) is 10.7. The van der Waals surface area contributed by atoms with Crippen LogP contribution in [-0.4, -0.2) is 51.8 Å². The molecule has 2 aromatic rings. The van der Waals surface area contributed by atoms with Gasteiger partial charge in [-0.05, 0) is 49.1 Å². The Labute approximate surface area is 244 Å². The van der Waals surface area contributed by atoms with Crippen LogP contribution in [0.2, 0.25) is 0 Å². The topological polar surface area (TPSA) is 120 Å². The molecule has 3 atom stereocenters. The van der Waals surface area contributed by atoms with Crippen molar-refractivity contribution in [1.82, 2.24) is 20.9 Å². The fourth-order valence-corrected chi connectivity index (χ4v) is 5.28. The second-order valence-corrected chi connectivity index (χ2v) is 12.4. The molecule has 8 nitrogen and oxygen atoms in total. The highest BCUT2D eigenvalue weighted by Gasteiger charge is 2.35. The van der Waals surface area contributed by atoms with E-state index in [0.717, 1.165) is 39.9 Å². The van der Waals surface area contributed by atoms with Gasteiger partial charge in [0.2, 0.25) is 17.7 Å². The van der Waals surface area contributed by atoms with E-state index in [1.807, 2.05) is 57.5 Å². The molecule has 0 bridgehead atoms. The molecule has 1 unspecified atom stereocenters. The number of aliphatic hydroxyl groups is 1. The van der Waals surface area contributed by atoms with Gasteiger partial charge in [-0.15, -0.1) is 11.3 Å². The first-order valence-corrected chi connectivity index (χ1v) is 15.6. The lowest BCUT2D eigenvalue weighted by Crippen LogP contribution is -2.55. The molecule has 0 aliphatic heterocycles. The second-order valence-electron chi connectivity index (χ2n) is 10.7. The molecule has 0 aliphatic carbocycles. The summed E-state index contributed by atoms with van der Waals surface area (Å²) in [6, 6.07) is 7.31. The number of halogens is 1. The van der Waals surface area contributed by atoms with Crippen LogP contribution in [0.25, 0.3) is 10.4 Å². The maximum Gasteiger partial charge on any atom is 0.243 e. The number of hydrogen-bond donors (Lipinski definition) is 4. The zero-order valence-electron chi connectivity index (χ0n) is 23.7. The molecule has 216 valence electrons. The fourth-order valence-electron chi connectivity index (χ4n) is 4.07. The first-order chi connectivity index (χ1) is 18.5. The number of hydrogen-bond acceptors (Lipinski definition) is 6. The summed E-state index contributed by atoms with van der Waals surface area (Å²) in [5.41, 5.74) is 4.46. The molecule has 3 amide bonds. The number of benzene rings is 1. The molecule has 0 saturated carbocycles. The van der Waals surface area contributed by atoms with Crippen LogP contribution in [0.5, 0.6) is 0 Å². The van der Waals surface area contributed by atoms with E-state index in [9.17, 15) is 19.5 Å². The maximum absolute atomic E-state index is 13.0. The molecule has 4 N–H and O–H groups in total. The predicted molar refractivity (Wildman–Crippen MR) is 161 cm³/mol. The highest BCUT2D eigenvalue weighted by molar-refractivity contribution is 9.09. The lowest BCUT2D eigenvalue weighted by molar-refractivity contribution is -0.132. The highest BCUT2D eigenvalue weighted by atomic mass is 79.9. The molecule has 1 heterocycles. The number of carbonyl (C=O) groups is 3. The third-order valence-corrected chi connectivity index (χ3v) is 8.60. The molecule has 1 aromatic carbocycles. The summed E-state index contributed by atoms with van der Waals surface area (Å²) in [6.07, 6.45) is 2.00. The number of rotatable bonds is 16. The van der Waals surface area contributed by atoms with Crippen molar-refractivity contribution in [2.24, 2.45) is 11.3 Å². The molecule has 0 spiro atoms. The molecular weight excluding hydrogens is 580 g/mol. The molecule has 0 aliphatic rings. The predicted octanol–water partition coefficient (Wildman–Crippen LogP) is 4.72. The average Bonchev–Trinajstić information content (AvgIpc) is 3.34. The van der Waals surface area contributed by atoms with Crippen LogP contribution in [-0.2, 0) is 20.9 Å². The van der Waals surface area contributed by atoms with E-state index >= 15 is 0 Å². The first-order valence-electron chi connectivity index (χ1n) is 13.6. The van der Waals surface area contributed by atoms with E-state index in [2.05, 4.69) is 36.9 Å². The van der Waals surface area contributed by atoms with Crippen molar-refractivity contribution in [1.29, 1.82) is 0 Å². The first kappa shape index (κ1) is 32.9. The molecule has 0 radical (unpaired) electrons. The Morgan fingerprint density at radius 2 is 1.79 bits per heavy atom. The Bertz CT molecular complexity index is 1070. The summed E-state index contributed by atoms with van der Waals surface area (Å²) in [7, 11) is 0. The minimum atomic E-state index is -0.892. The Morgan fingerprint density at radius 3 is 2.38 bits per heavy atom. The van der Waals surface area contributed by atoms with E-state index < -0.39 is 23.5 Å². The largest absolute Gasteiger partial charge is 0.391 e. The van der Waals surface area contributed by atoms with Crippen molar-refractivity contribution in [2.75, 3.05) is 11.9 Å². The van der Waals surface area contributed by atoms with Gasteiger partial charge in [-0.25, -0.2) is 4.98 Å². The van der Waals surface area contributed by atoms with Gasteiger partial charge in [0.15, 0.2) is 0 Å². The van der Waals surface area contributed by atoms with Gasteiger partial charge in [0, 0.05) is 30.8 Å². The molecule has 2 rings (SSSR count). The fraction of sp³-hybridized carbons (Fsp3) is 0.586. The van der Waals surface area contributed by atoms with Gasteiger partial charge in [0.25, 0.3) is 0 Å². The molecule has 0 saturated heterocycles. The monoisotopic (exact) mass is 622 g/mol. The minimum Gasteiger partial charge on any atom is -0.391 e. The number of aromatic nitrogens is 1. The lowest BCUT2D eigenvalue weighted by Gasteiger charge is -2.33.